The normalized spacial score (nSPS) is 12.2. The second kappa shape index (κ2) is 8.38. The lowest BCUT2D eigenvalue weighted by Gasteiger charge is -2.12. The minimum atomic E-state index is -3.53. The third-order valence-corrected chi connectivity index (χ3v) is 8.22. The van der Waals surface area contributed by atoms with E-state index in [9.17, 15) is 13.5 Å². The Morgan fingerprint density at radius 2 is 1.84 bits per heavy atom. The molecule has 6 rings (SSSR count). The molecule has 0 spiro atoms. The number of nitrogens with zero attached hydrogens (tertiary/aromatic N) is 5. The summed E-state index contributed by atoms with van der Waals surface area (Å²) in [5.41, 5.74) is 5.78. The van der Waals surface area contributed by atoms with E-state index < -0.39 is 10.0 Å². The Morgan fingerprint density at radius 3 is 2.65 bits per heavy atom. The molecule has 0 bridgehead atoms. The third-order valence-electron chi connectivity index (χ3n) is 6.93. The number of hydrogen-bond donors (Lipinski definition) is 2. The summed E-state index contributed by atoms with van der Waals surface area (Å²) in [5.74, 6) is -0.100. The van der Waals surface area contributed by atoms with Crippen LogP contribution in [0.3, 0.4) is 0 Å². The van der Waals surface area contributed by atoms with E-state index in [1.165, 1.54) is 0 Å². The first-order chi connectivity index (χ1) is 17.8. The van der Waals surface area contributed by atoms with Crippen LogP contribution in [0.15, 0.2) is 67.3 Å². The van der Waals surface area contributed by atoms with E-state index in [-0.39, 0.29) is 11.6 Å². The molecule has 0 unspecified atom stereocenters. The minimum absolute atomic E-state index is 0.0450. The summed E-state index contributed by atoms with van der Waals surface area (Å²) in [4.78, 5) is 4.01. The van der Waals surface area contributed by atoms with Crippen molar-refractivity contribution in [1.82, 2.24) is 23.9 Å². The molecule has 188 valence electrons. The standard InChI is InChI=1S/C27H26N6O3S/c1-4-37(35,36)30-23-12-18(22-16-32(3)26-20(22)8-10-28-27(26)34)13-25-21(23)14-29-33(25)15-17-6-5-7-24-19(17)9-11-31(24)2/h5-14,16,30H,4,15H2,1-3H3,(H,28,34). The number of aromatic nitrogens is 5. The number of nitrogens with one attached hydrogen (secondary N) is 1. The Morgan fingerprint density at radius 1 is 1.00 bits per heavy atom. The Hall–Kier alpha value is -4.31. The van der Waals surface area contributed by atoms with Crippen molar-refractivity contribution in [3.63, 3.8) is 0 Å². The highest BCUT2D eigenvalue weighted by atomic mass is 32.2. The second-order valence-corrected chi connectivity index (χ2v) is 11.2. The molecular weight excluding hydrogens is 488 g/mol. The van der Waals surface area contributed by atoms with Crippen LogP contribution in [0.25, 0.3) is 43.8 Å². The summed E-state index contributed by atoms with van der Waals surface area (Å²) in [7, 11) is 0.336. The summed E-state index contributed by atoms with van der Waals surface area (Å²) in [5, 5.41) is 17.7. The van der Waals surface area contributed by atoms with Gasteiger partial charge in [-0.1, -0.05) is 12.1 Å². The zero-order valence-electron chi connectivity index (χ0n) is 20.7. The Kier molecular flexibility index (Phi) is 5.23. The van der Waals surface area contributed by atoms with Gasteiger partial charge in [-0.2, -0.15) is 5.10 Å². The molecule has 37 heavy (non-hydrogen) atoms. The van der Waals surface area contributed by atoms with E-state index in [2.05, 4.69) is 37.6 Å². The fraction of sp³-hybridized carbons (Fsp3) is 0.185. The number of anilines is 1. The van der Waals surface area contributed by atoms with Crippen molar-refractivity contribution in [3.8, 4) is 17.0 Å². The molecule has 4 heterocycles. The van der Waals surface area contributed by atoms with E-state index in [4.69, 9.17) is 0 Å². The SMILES string of the molecule is CCS(=O)(=O)Nc1cc(-c2cn(C)c3c(O)nccc23)cc2c1cnn2Cc1cccc2c1ccn2C. The Bertz CT molecular complexity index is 1930. The van der Waals surface area contributed by atoms with Crippen LogP contribution in [0.4, 0.5) is 5.69 Å². The van der Waals surface area contributed by atoms with Crippen molar-refractivity contribution >= 4 is 48.4 Å². The maximum atomic E-state index is 12.6. The fourth-order valence-corrected chi connectivity index (χ4v) is 5.66. The summed E-state index contributed by atoms with van der Waals surface area (Å²) in [6.45, 7) is 2.13. The number of aryl methyl sites for hydroxylation is 2. The minimum Gasteiger partial charge on any atom is -0.492 e. The van der Waals surface area contributed by atoms with Gasteiger partial charge in [0.05, 0.1) is 29.7 Å². The van der Waals surface area contributed by atoms with Gasteiger partial charge in [-0.25, -0.2) is 13.4 Å². The summed E-state index contributed by atoms with van der Waals surface area (Å²) in [6, 6.07) is 14.0. The van der Waals surface area contributed by atoms with Crippen LogP contribution in [0.5, 0.6) is 5.88 Å². The first-order valence-corrected chi connectivity index (χ1v) is 13.6. The average Bonchev–Trinajstić information content (AvgIpc) is 3.56. The summed E-state index contributed by atoms with van der Waals surface area (Å²) in [6.07, 6.45) is 7.22. The number of sulfonamides is 1. The van der Waals surface area contributed by atoms with E-state index >= 15 is 0 Å². The van der Waals surface area contributed by atoms with Gasteiger partial charge in [-0.15, -0.1) is 0 Å². The largest absolute Gasteiger partial charge is 0.492 e. The lowest BCUT2D eigenvalue weighted by atomic mass is 10.0. The Labute approximate surface area is 213 Å². The van der Waals surface area contributed by atoms with Crippen LogP contribution < -0.4 is 4.72 Å². The predicted octanol–water partition coefficient (Wildman–Crippen LogP) is 4.60. The number of hydrogen-bond acceptors (Lipinski definition) is 5. The first-order valence-electron chi connectivity index (χ1n) is 11.9. The van der Waals surface area contributed by atoms with Crippen molar-refractivity contribution in [2.45, 2.75) is 13.5 Å². The predicted molar refractivity (Wildman–Crippen MR) is 146 cm³/mol. The van der Waals surface area contributed by atoms with Crippen molar-refractivity contribution in [3.05, 3.63) is 72.8 Å². The molecule has 0 saturated carbocycles. The quantitative estimate of drug-likeness (QED) is 0.338. The molecule has 0 amide bonds. The number of aromatic hydroxyl groups is 1. The van der Waals surface area contributed by atoms with Gasteiger partial charge in [-0.05, 0) is 48.4 Å². The number of rotatable bonds is 6. The molecular formula is C27H26N6O3S. The Balaban J connectivity index is 1.57. The molecule has 6 aromatic rings. The van der Waals surface area contributed by atoms with Crippen molar-refractivity contribution < 1.29 is 13.5 Å². The van der Waals surface area contributed by atoms with E-state index in [0.29, 0.717) is 23.1 Å². The van der Waals surface area contributed by atoms with Gasteiger partial charge in [0.25, 0.3) is 0 Å². The van der Waals surface area contributed by atoms with Crippen molar-refractivity contribution in [2.75, 3.05) is 10.5 Å². The van der Waals surface area contributed by atoms with Gasteiger partial charge in [0, 0.05) is 59.9 Å². The van der Waals surface area contributed by atoms with Crippen molar-refractivity contribution in [1.29, 1.82) is 0 Å². The van der Waals surface area contributed by atoms with Crippen LogP contribution in [0.1, 0.15) is 12.5 Å². The molecule has 0 atom stereocenters. The second-order valence-electron chi connectivity index (χ2n) is 9.23. The molecule has 0 aliphatic carbocycles. The zero-order valence-corrected chi connectivity index (χ0v) is 21.5. The molecule has 2 aromatic carbocycles. The molecule has 10 heteroatoms. The maximum absolute atomic E-state index is 12.6. The summed E-state index contributed by atoms with van der Waals surface area (Å²) < 4.78 is 33.7. The summed E-state index contributed by atoms with van der Waals surface area (Å²) >= 11 is 0. The lowest BCUT2D eigenvalue weighted by molar-refractivity contribution is 0.457. The molecule has 0 saturated heterocycles. The van der Waals surface area contributed by atoms with Gasteiger partial charge >= 0.3 is 0 Å². The van der Waals surface area contributed by atoms with Crippen LogP contribution in [-0.2, 0) is 30.7 Å². The molecule has 0 radical (unpaired) electrons. The van der Waals surface area contributed by atoms with Crippen LogP contribution >= 0.6 is 0 Å². The van der Waals surface area contributed by atoms with Crippen LogP contribution in [0.2, 0.25) is 0 Å². The highest BCUT2D eigenvalue weighted by molar-refractivity contribution is 7.92. The maximum Gasteiger partial charge on any atom is 0.236 e. The van der Waals surface area contributed by atoms with Gasteiger partial charge in [-0.3, -0.25) is 9.40 Å². The first kappa shape index (κ1) is 23.1. The van der Waals surface area contributed by atoms with Crippen LogP contribution in [0, 0.1) is 0 Å². The highest BCUT2D eigenvalue weighted by Gasteiger charge is 2.19. The average molecular weight is 515 g/mol. The van der Waals surface area contributed by atoms with E-state index in [1.54, 1.807) is 19.3 Å². The topological polar surface area (TPSA) is 107 Å². The fourth-order valence-electron chi connectivity index (χ4n) is 5.01. The molecule has 9 nitrogen and oxygen atoms in total. The van der Waals surface area contributed by atoms with E-state index in [1.807, 2.05) is 60.0 Å². The molecule has 0 aliphatic rings. The number of fused-ring (bicyclic) bond motifs is 3. The molecule has 0 aliphatic heterocycles. The number of pyridine rings is 1. The van der Waals surface area contributed by atoms with E-state index in [0.717, 1.165) is 38.5 Å². The van der Waals surface area contributed by atoms with Gasteiger partial charge < -0.3 is 14.2 Å². The van der Waals surface area contributed by atoms with Gasteiger partial charge in [0.2, 0.25) is 15.9 Å². The smallest absolute Gasteiger partial charge is 0.236 e. The lowest BCUT2D eigenvalue weighted by Crippen LogP contribution is -2.14. The highest BCUT2D eigenvalue weighted by Crippen LogP contribution is 2.38. The third kappa shape index (κ3) is 3.80. The number of benzene rings is 2. The van der Waals surface area contributed by atoms with Crippen molar-refractivity contribution in [2.24, 2.45) is 14.1 Å². The molecule has 0 fully saturated rings. The molecule has 4 aromatic heterocycles. The van der Waals surface area contributed by atoms with Gasteiger partial charge in [0.1, 0.15) is 5.52 Å². The monoisotopic (exact) mass is 514 g/mol. The van der Waals surface area contributed by atoms with Gasteiger partial charge in [0.15, 0.2) is 0 Å². The van der Waals surface area contributed by atoms with Crippen LogP contribution in [-0.4, -0.2) is 43.2 Å². The molecule has 2 N–H and O–H groups in total. The zero-order chi connectivity index (χ0) is 25.9.